The summed E-state index contributed by atoms with van der Waals surface area (Å²) in [6.45, 7) is -0.303. The van der Waals surface area contributed by atoms with Crippen LogP contribution < -0.4 is 4.74 Å². The number of hydrogen-bond acceptors (Lipinski definition) is 4. The number of alkyl halides is 3. The zero-order chi connectivity index (χ0) is 20.5. The molecule has 1 aliphatic rings. The first kappa shape index (κ1) is 20.6. The normalized spacial score (nSPS) is 16.2. The Kier molecular flexibility index (Phi) is 5.64. The molecule has 3 rings (SSSR count). The van der Waals surface area contributed by atoms with Gasteiger partial charge in [-0.25, -0.2) is 12.8 Å². The summed E-state index contributed by atoms with van der Waals surface area (Å²) in [5.41, 5.74) is 0.330. The Hall–Kier alpha value is -2.17. The molecule has 1 N–H and O–H groups in total. The number of ether oxygens (including phenoxy) is 1. The predicted molar refractivity (Wildman–Crippen MR) is 91.4 cm³/mol. The van der Waals surface area contributed by atoms with Gasteiger partial charge in [0, 0.05) is 18.7 Å². The van der Waals surface area contributed by atoms with Crippen LogP contribution >= 0.6 is 0 Å². The third kappa shape index (κ3) is 5.00. The summed E-state index contributed by atoms with van der Waals surface area (Å²) in [7, 11) is -4.18. The van der Waals surface area contributed by atoms with Crippen molar-refractivity contribution in [2.24, 2.45) is 0 Å². The van der Waals surface area contributed by atoms with E-state index in [1.54, 1.807) is 0 Å². The molecule has 0 amide bonds. The van der Waals surface area contributed by atoms with Gasteiger partial charge in [-0.2, -0.15) is 4.31 Å². The molecule has 1 atom stereocenters. The second-order valence-corrected chi connectivity index (χ2v) is 8.29. The average Bonchev–Trinajstić information content (AvgIpc) is 3.43. The lowest BCUT2D eigenvalue weighted by atomic mass is 10.1. The molecular weight excluding hydrogens is 402 g/mol. The van der Waals surface area contributed by atoms with Crippen LogP contribution in [0.25, 0.3) is 0 Å². The molecule has 10 heteroatoms. The number of benzene rings is 2. The topological polar surface area (TPSA) is 66.8 Å². The van der Waals surface area contributed by atoms with E-state index >= 15 is 0 Å². The highest BCUT2D eigenvalue weighted by molar-refractivity contribution is 7.89. The van der Waals surface area contributed by atoms with Gasteiger partial charge in [0.25, 0.3) is 0 Å². The molecule has 0 bridgehead atoms. The van der Waals surface area contributed by atoms with Crippen molar-refractivity contribution in [2.45, 2.75) is 36.2 Å². The largest absolute Gasteiger partial charge is 0.573 e. The summed E-state index contributed by atoms with van der Waals surface area (Å²) < 4.78 is 81.1. The molecule has 5 nitrogen and oxygen atoms in total. The Morgan fingerprint density at radius 3 is 2.36 bits per heavy atom. The number of aliphatic hydroxyl groups is 1. The zero-order valence-corrected chi connectivity index (χ0v) is 15.3. The Morgan fingerprint density at radius 2 is 1.79 bits per heavy atom. The fourth-order valence-corrected chi connectivity index (χ4v) is 4.46. The minimum Gasteiger partial charge on any atom is -0.406 e. The van der Waals surface area contributed by atoms with E-state index in [4.69, 9.17) is 0 Å². The van der Waals surface area contributed by atoms with Crippen molar-refractivity contribution in [3.8, 4) is 5.75 Å². The summed E-state index contributed by atoms with van der Waals surface area (Å²) in [5.74, 6) is -1.15. The van der Waals surface area contributed by atoms with Crippen LogP contribution in [0.3, 0.4) is 0 Å². The molecule has 2 aromatic rings. The summed E-state index contributed by atoms with van der Waals surface area (Å²) in [4.78, 5) is -0.368. The second kappa shape index (κ2) is 7.69. The maximum absolute atomic E-state index is 13.0. The molecule has 0 spiro atoms. The van der Waals surface area contributed by atoms with E-state index in [1.165, 1.54) is 12.1 Å². The van der Waals surface area contributed by atoms with Crippen molar-refractivity contribution in [2.75, 3.05) is 6.54 Å². The van der Waals surface area contributed by atoms with Crippen molar-refractivity contribution in [1.29, 1.82) is 0 Å². The van der Waals surface area contributed by atoms with E-state index in [0.29, 0.717) is 18.4 Å². The van der Waals surface area contributed by atoms with E-state index in [9.17, 15) is 31.1 Å². The molecule has 0 radical (unpaired) electrons. The quantitative estimate of drug-likeness (QED) is 0.697. The maximum atomic E-state index is 13.0. The number of halogens is 4. The van der Waals surface area contributed by atoms with Gasteiger partial charge < -0.3 is 9.84 Å². The molecule has 0 saturated heterocycles. The van der Waals surface area contributed by atoms with Crippen LogP contribution in [0, 0.1) is 5.82 Å². The third-order valence-electron chi connectivity index (χ3n) is 4.21. The number of hydrogen-bond donors (Lipinski definition) is 1. The van der Waals surface area contributed by atoms with Gasteiger partial charge in [0.1, 0.15) is 11.6 Å². The van der Waals surface area contributed by atoms with Gasteiger partial charge in [-0.05, 0) is 42.7 Å². The Bertz CT molecular complexity index is 927. The molecule has 1 aliphatic carbocycles. The van der Waals surface area contributed by atoms with Crippen LogP contribution in [0.2, 0.25) is 0 Å². The zero-order valence-electron chi connectivity index (χ0n) is 14.4. The minimum absolute atomic E-state index is 0.303. The molecule has 152 valence electrons. The van der Waals surface area contributed by atoms with E-state index < -0.39 is 34.1 Å². The predicted octanol–water partition coefficient (Wildman–Crippen LogP) is 3.61. The highest BCUT2D eigenvalue weighted by Crippen LogP contribution is 2.35. The van der Waals surface area contributed by atoms with Crippen LogP contribution in [-0.2, 0) is 10.0 Å². The Labute approximate surface area is 159 Å². The highest BCUT2D eigenvalue weighted by atomic mass is 32.2. The SMILES string of the molecule is O=S(=O)(c1cccc(OC(F)(F)F)c1)N(CC(O)c1ccc(F)cc1)C1CC1. The van der Waals surface area contributed by atoms with Crippen molar-refractivity contribution in [3.63, 3.8) is 0 Å². The van der Waals surface area contributed by atoms with Gasteiger partial charge in [-0.3, -0.25) is 0 Å². The average molecular weight is 419 g/mol. The van der Waals surface area contributed by atoms with Crippen LogP contribution in [0.15, 0.2) is 53.4 Å². The fraction of sp³-hybridized carbons (Fsp3) is 0.333. The molecule has 1 fully saturated rings. The molecule has 2 aromatic carbocycles. The fourth-order valence-electron chi connectivity index (χ4n) is 2.73. The molecular formula is C18H17F4NO4S. The van der Waals surface area contributed by atoms with Crippen molar-refractivity contribution in [3.05, 3.63) is 59.9 Å². The Morgan fingerprint density at radius 1 is 1.14 bits per heavy atom. The Balaban J connectivity index is 1.85. The molecule has 1 unspecified atom stereocenters. The molecule has 0 heterocycles. The van der Waals surface area contributed by atoms with E-state index in [-0.39, 0.29) is 17.5 Å². The van der Waals surface area contributed by atoms with Gasteiger partial charge >= 0.3 is 6.36 Å². The first-order valence-corrected chi connectivity index (χ1v) is 9.81. The summed E-state index contributed by atoms with van der Waals surface area (Å²) in [5, 5.41) is 10.4. The van der Waals surface area contributed by atoms with Crippen LogP contribution in [-0.4, -0.2) is 36.8 Å². The lowest BCUT2D eigenvalue weighted by Crippen LogP contribution is -2.36. The van der Waals surface area contributed by atoms with Gasteiger partial charge in [-0.1, -0.05) is 18.2 Å². The van der Waals surface area contributed by atoms with Crippen LogP contribution in [0.4, 0.5) is 17.6 Å². The first-order valence-electron chi connectivity index (χ1n) is 8.37. The number of sulfonamides is 1. The lowest BCUT2D eigenvalue weighted by Gasteiger charge is -2.25. The van der Waals surface area contributed by atoms with Gasteiger partial charge in [0.05, 0.1) is 11.0 Å². The standard InChI is InChI=1S/C18H17F4NO4S/c19-13-6-4-12(5-7-13)17(24)11-23(14-8-9-14)28(25,26)16-3-1-2-15(10-16)27-18(20,21)22/h1-7,10,14,17,24H,8-9,11H2. The lowest BCUT2D eigenvalue weighted by molar-refractivity contribution is -0.274. The van der Waals surface area contributed by atoms with Gasteiger partial charge in [-0.15, -0.1) is 13.2 Å². The smallest absolute Gasteiger partial charge is 0.406 e. The summed E-state index contributed by atoms with van der Waals surface area (Å²) in [6, 6.07) is 8.73. The second-order valence-electron chi connectivity index (χ2n) is 6.40. The molecule has 0 aromatic heterocycles. The molecule has 0 aliphatic heterocycles. The number of nitrogens with zero attached hydrogens (tertiary/aromatic N) is 1. The van der Waals surface area contributed by atoms with Crippen molar-refractivity contribution in [1.82, 2.24) is 4.31 Å². The van der Waals surface area contributed by atoms with E-state index in [2.05, 4.69) is 4.74 Å². The van der Waals surface area contributed by atoms with E-state index in [1.807, 2.05) is 0 Å². The number of rotatable bonds is 7. The monoisotopic (exact) mass is 419 g/mol. The summed E-state index contributed by atoms with van der Waals surface area (Å²) >= 11 is 0. The van der Waals surface area contributed by atoms with Crippen molar-refractivity contribution >= 4 is 10.0 Å². The molecule has 28 heavy (non-hydrogen) atoms. The van der Waals surface area contributed by atoms with E-state index in [0.717, 1.165) is 40.7 Å². The van der Waals surface area contributed by atoms with Gasteiger partial charge in [0.2, 0.25) is 10.0 Å². The number of aliphatic hydroxyl groups excluding tert-OH is 1. The first-order chi connectivity index (χ1) is 13.1. The minimum atomic E-state index is -4.95. The maximum Gasteiger partial charge on any atom is 0.573 e. The highest BCUT2D eigenvalue weighted by Gasteiger charge is 2.40. The summed E-state index contributed by atoms with van der Waals surface area (Å²) in [6.07, 6.45) is -5.01. The van der Waals surface area contributed by atoms with Crippen molar-refractivity contribution < 1.29 is 35.8 Å². The van der Waals surface area contributed by atoms with Gasteiger partial charge in [0.15, 0.2) is 0 Å². The van der Waals surface area contributed by atoms with Crippen LogP contribution in [0.5, 0.6) is 5.75 Å². The van der Waals surface area contributed by atoms with Crippen LogP contribution in [0.1, 0.15) is 24.5 Å². The molecule has 1 saturated carbocycles. The third-order valence-corrected chi connectivity index (χ3v) is 6.12.